The first-order valence-electron chi connectivity index (χ1n) is 12.9. The van der Waals surface area contributed by atoms with Gasteiger partial charge in [0.1, 0.15) is 17.5 Å². The summed E-state index contributed by atoms with van der Waals surface area (Å²) in [6, 6.07) is 4.15. The third-order valence-electron chi connectivity index (χ3n) is 7.32. The Bertz CT molecular complexity index is 1100. The van der Waals surface area contributed by atoms with Crippen molar-refractivity contribution < 1.29 is 9.53 Å². The summed E-state index contributed by atoms with van der Waals surface area (Å²) in [5.41, 5.74) is 5.68. The fourth-order valence-corrected chi connectivity index (χ4v) is 5.57. The zero-order valence-electron chi connectivity index (χ0n) is 21.1. The summed E-state index contributed by atoms with van der Waals surface area (Å²) >= 11 is 6.47. The van der Waals surface area contributed by atoms with Gasteiger partial charge in [-0.05, 0) is 39.2 Å². The molecular weight excluding hydrogens is 480 g/mol. The number of piperazine rings is 1. The minimum Gasteiger partial charge on any atom is -0.377 e. The molecule has 2 unspecified atom stereocenters. The lowest BCUT2D eigenvalue weighted by Crippen LogP contribution is -2.53. The fraction of sp³-hybridized carbons (Fsp3) is 0.600. The van der Waals surface area contributed by atoms with E-state index in [0.717, 1.165) is 56.9 Å². The average molecular weight is 515 g/mol. The van der Waals surface area contributed by atoms with E-state index >= 15 is 0 Å². The number of nitrogens with two attached hydrogens (primary N) is 1. The summed E-state index contributed by atoms with van der Waals surface area (Å²) in [5, 5.41) is 0.435. The Kier molecular flexibility index (Phi) is 7.34. The fourth-order valence-electron chi connectivity index (χ4n) is 5.28. The summed E-state index contributed by atoms with van der Waals surface area (Å²) in [6.07, 6.45) is 5.16. The zero-order chi connectivity index (χ0) is 25.2. The second kappa shape index (κ2) is 10.6. The number of rotatable bonds is 5. The number of hydrogen-bond acceptors (Lipinski definition) is 9. The molecule has 2 aromatic heterocycles. The first kappa shape index (κ1) is 24.8. The molecule has 0 aliphatic carbocycles. The number of ether oxygens (including phenoxy) is 1. The van der Waals surface area contributed by atoms with Gasteiger partial charge in [-0.25, -0.2) is 4.98 Å². The number of morpholine rings is 1. The zero-order valence-corrected chi connectivity index (χ0v) is 21.8. The van der Waals surface area contributed by atoms with Crippen LogP contribution < -0.4 is 25.3 Å². The number of nitrogens with zero attached hydrogens (tertiary/aromatic N) is 7. The van der Waals surface area contributed by atoms with Gasteiger partial charge in [0.05, 0.1) is 29.8 Å². The van der Waals surface area contributed by atoms with E-state index < -0.39 is 5.91 Å². The third-order valence-corrected chi connectivity index (χ3v) is 7.60. The maximum absolute atomic E-state index is 11.5. The van der Waals surface area contributed by atoms with Crippen LogP contribution in [-0.2, 0) is 4.74 Å². The Morgan fingerprint density at radius 3 is 2.44 bits per heavy atom. The normalized spacial score (nSPS) is 23.2. The molecule has 3 aliphatic rings. The van der Waals surface area contributed by atoms with Crippen molar-refractivity contribution in [2.45, 2.75) is 45.2 Å². The van der Waals surface area contributed by atoms with Gasteiger partial charge < -0.3 is 30.1 Å². The van der Waals surface area contributed by atoms with Crippen LogP contribution in [0.3, 0.4) is 0 Å². The number of piperidine rings is 1. The Hall–Kier alpha value is -2.85. The van der Waals surface area contributed by atoms with Gasteiger partial charge in [-0.1, -0.05) is 11.6 Å². The van der Waals surface area contributed by atoms with Gasteiger partial charge in [-0.2, -0.15) is 9.97 Å². The van der Waals surface area contributed by atoms with Crippen LogP contribution in [0.2, 0.25) is 5.02 Å². The van der Waals surface area contributed by atoms with Gasteiger partial charge in [0.15, 0.2) is 0 Å². The number of pyridine rings is 1. The van der Waals surface area contributed by atoms with Crippen LogP contribution in [0, 0.1) is 0 Å². The minimum atomic E-state index is -0.534. The van der Waals surface area contributed by atoms with Crippen molar-refractivity contribution in [3.05, 3.63) is 28.9 Å². The minimum absolute atomic E-state index is 0.173. The molecule has 1 amide bonds. The van der Waals surface area contributed by atoms with Crippen LogP contribution in [0.4, 0.5) is 23.4 Å². The molecule has 0 spiro atoms. The topological polar surface area (TPSA) is 104 Å². The quantitative estimate of drug-likeness (QED) is 0.644. The summed E-state index contributed by atoms with van der Waals surface area (Å²) in [4.78, 5) is 35.2. The molecule has 11 heteroatoms. The van der Waals surface area contributed by atoms with E-state index in [1.54, 1.807) is 6.07 Å². The van der Waals surface area contributed by atoms with Crippen molar-refractivity contribution in [2.75, 3.05) is 72.1 Å². The van der Waals surface area contributed by atoms with Gasteiger partial charge in [0.25, 0.3) is 0 Å². The van der Waals surface area contributed by atoms with Crippen LogP contribution in [0.5, 0.6) is 0 Å². The van der Waals surface area contributed by atoms with Crippen molar-refractivity contribution in [3.8, 4) is 0 Å². The van der Waals surface area contributed by atoms with Gasteiger partial charge in [0.2, 0.25) is 11.9 Å². The summed E-state index contributed by atoms with van der Waals surface area (Å²) in [5.74, 6) is 2.88. The van der Waals surface area contributed by atoms with Crippen LogP contribution in [0.15, 0.2) is 18.3 Å². The second-order valence-electron chi connectivity index (χ2n) is 9.93. The molecule has 2 aromatic rings. The third kappa shape index (κ3) is 5.15. The van der Waals surface area contributed by atoms with Crippen molar-refractivity contribution in [2.24, 2.45) is 5.73 Å². The van der Waals surface area contributed by atoms with E-state index in [2.05, 4.69) is 44.5 Å². The molecule has 0 bridgehead atoms. The van der Waals surface area contributed by atoms with Gasteiger partial charge in [-0.3, -0.25) is 4.79 Å². The summed E-state index contributed by atoms with van der Waals surface area (Å²) in [7, 11) is 0. The molecule has 0 saturated carbocycles. The number of hydrogen-bond donors (Lipinski definition) is 1. The molecule has 10 nitrogen and oxygen atoms in total. The maximum atomic E-state index is 11.5. The van der Waals surface area contributed by atoms with E-state index in [4.69, 9.17) is 32.0 Å². The molecule has 2 atom stereocenters. The molecular formula is C25H35ClN8O2. The van der Waals surface area contributed by atoms with Crippen LogP contribution in [-0.4, -0.2) is 85.4 Å². The SMILES string of the molecule is CC1CN(c2ncc(C(N)=O)cc2Cl)CCN1c1cc(N2CCCCC2)nc(N2CCOCC2C)n1. The predicted molar refractivity (Wildman–Crippen MR) is 143 cm³/mol. The van der Waals surface area contributed by atoms with Crippen molar-refractivity contribution in [3.63, 3.8) is 0 Å². The van der Waals surface area contributed by atoms with E-state index in [1.807, 2.05) is 0 Å². The number of carbonyl (C=O) groups is 1. The number of amides is 1. The monoisotopic (exact) mass is 514 g/mol. The van der Waals surface area contributed by atoms with Gasteiger partial charge in [0, 0.05) is 57.6 Å². The number of aromatic nitrogens is 3. The van der Waals surface area contributed by atoms with Crippen molar-refractivity contribution in [1.82, 2.24) is 15.0 Å². The molecule has 3 fully saturated rings. The number of carbonyl (C=O) groups excluding carboxylic acids is 1. The number of primary amides is 1. The lowest BCUT2D eigenvalue weighted by Gasteiger charge is -2.42. The Morgan fingerprint density at radius 2 is 1.75 bits per heavy atom. The standard InChI is InChI=1S/C25H35ClN8O2/c1-17-15-32(24-20(26)12-19(14-28-24)23(27)35)8-9-33(17)22-13-21(31-6-4-3-5-7-31)29-25(30-22)34-10-11-36-16-18(34)2/h12-14,17-18H,3-11,15-16H2,1-2H3,(H2,27,35). The predicted octanol–water partition coefficient (Wildman–Crippen LogP) is 2.55. The average Bonchev–Trinajstić information content (AvgIpc) is 2.89. The van der Waals surface area contributed by atoms with E-state index in [9.17, 15) is 4.79 Å². The van der Waals surface area contributed by atoms with E-state index in [0.29, 0.717) is 29.6 Å². The first-order chi connectivity index (χ1) is 17.4. The molecule has 2 N–H and O–H groups in total. The molecule has 5 heterocycles. The molecule has 5 rings (SSSR count). The van der Waals surface area contributed by atoms with Crippen molar-refractivity contribution in [1.29, 1.82) is 0 Å². The highest BCUT2D eigenvalue weighted by atomic mass is 35.5. The highest BCUT2D eigenvalue weighted by Crippen LogP contribution is 2.31. The van der Waals surface area contributed by atoms with Gasteiger partial charge >= 0.3 is 0 Å². The summed E-state index contributed by atoms with van der Waals surface area (Å²) < 4.78 is 5.66. The van der Waals surface area contributed by atoms with Crippen LogP contribution >= 0.6 is 11.6 Å². The molecule has 36 heavy (non-hydrogen) atoms. The van der Waals surface area contributed by atoms with Crippen LogP contribution in [0.1, 0.15) is 43.5 Å². The van der Waals surface area contributed by atoms with E-state index in [1.165, 1.54) is 25.5 Å². The molecule has 3 aliphatic heterocycles. The van der Waals surface area contributed by atoms with Gasteiger partial charge in [-0.15, -0.1) is 0 Å². The molecule has 0 aromatic carbocycles. The summed E-state index contributed by atoms with van der Waals surface area (Å²) in [6.45, 7) is 10.8. The number of halogens is 1. The maximum Gasteiger partial charge on any atom is 0.250 e. The highest BCUT2D eigenvalue weighted by Gasteiger charge is 2.30. The molecule has 194 valence electrons. The lowest BCUT2D eigenvalue weighted by molar-refractivity contribution is 0.0981. The first-order valence-corrected chi connectivity index (χ1v) is 13.2. The highest BCUT2D eigenvalue weighted by molar-refractivity contribution is 6.33. The number of anilines is 4. The lowest BCUT2D eigenvalue weighted by atomic mass is 10.1. The second-order valence-corrected chi connectivity index (χ2v) is 10.3. The van der Waals surface area contributed by atoms with Crippen molar-refractivity contribution >= 4 is 40.9 Å². The Morgan fingerprint density at radius 1 is 0.972 bits per heavy atom. The van der Waals surface area contributed by atoms with E-state index in [-0.39, 0.29) is 12.1 Å². The molecule has 0 radical (unpaired) electrons. The Labute approximate surface area is 217 Å². The van der Waals surface area contributed by atoms with Crippen LogP contribution in [0.25, 0.3) is 0 Å². The Balaban J connectivity index is 1.40. The smallest absolute Gasteiger partial charge is 0.250 e. The largest absolute Gasteiger partial charge is 0.377 e. The molecule has 3 saturated heterocycles.